The third-order valence-corrected chi connectivity index (χ3v) is 2.79. The first kappa shape index (κ1) is 14.5. The first-order chi connectivity index (χ1) is 7.27. The summed E-state index contributed by atoms with van der Waals surface area (Å²) >= 11 is 1.91. The molecule has 15 heavy (non-hydrogen) atoms. The summed E-state index contributed by atoms with van der Waals surface area (Å²) in [5, 5.41) is 10.6. The number of carboxylic acid groups (broad SMARTS) is 1. The quantitative estimate of drug-likeness (QED) is 0.561. The van der Waals surface area contributed by atoms with Crippen LogP contribution in [0.1, 0.15) is 32.6 Å². The number of aliphatic carboxylic acids is 1. The summed E-state index contributed by atoms with van der Waals surface area (Å²) in [6, 6.07) is 0. The standard InChI is InChI=1S/C11H21NO2S/c1-2-15-10-6-9-12-8-5-3-4-7-11(13)14/h6,9,12H,2-5,7-8,10H2,1H3,(H,13,14)/p+1/b9-6-. The van der Waals surface area contributed by atoms with Gasteiger partial charge in [0.05, 0.1) is 12.7 Å². The number of rotatable bonds is 10. The van der Waals surface area contributed by atoms with E-state index in [-0.39, 0.29) is 0 Å². The van der Waals surface area contributed by atoms with E-state index in [1.54, 1.807) is 0 Å². The highest BCUT2D eigenvalue weighted by Gasteiger charge is 1.96. The molecule has 0 rings (SSSR count). The first-order valence-corrected chi connectivity index (χ1v) is 6.70. The molecule has 0 spiro atoms. The summed E-state index contributed by atoms with van der Waals surface area (Å²) in [6.07, 6.45) is 7.51. The number of hydrogen-bond donors (Lipinski definition) is 2. The van der Waals surface area contributed by atoms with Crippen LogP contribution < -0.4 is 5.32 Å². The van der Waals surface area contributed by atoms with E-state index < -0.39 is 5.97 Å². The first-order valence-electron chi connectivity index (χ1n) is 5.55. The molecule has 0 saturated heterocycles. The molecule has 0 heterocycles. The lowest BCUT2D eigenvalue weighted by molar-refractivity contribution is -0.588. The number of carbonyl (C=O) groups is 1. The summed E-state index contributed by atoms with van der Waals surface area (Å²) < 4.78 is 0. The van der Waals surface area contributed by atoms with Gasteiger partial charge in [-0.25, -0.2) is 0 Å². The van der Waals surface area contributed by atoms with Gasteiger partial charge in [0, 0.05) is 12.2 Å². The van der Waals surface area contributed by atoms with Gasteiger partial charge in [0.25, 0.3) is 0 Å². The molecule has 0 radical (unpaired) electrons. The van der Waals surface area contributed by atoms with Gasteiger partial charge >= 0.3 is 5.97 Å². The van der Waals surface area contributed by atoms with Crippen LogP contribution in [0.15, 0.2) is 12.3 Å². The Hall–Kier alpha value is -0.480. The molecule has 0 aliphatic rings. The van der Waals surface area contributed by atoms with Crippen LogP contribution in [0, 0.1) is 0 Å². The molecule has 0 amide bonds. The summed E-state index contributed by atoms with van der Waals surface area (Å²) in [4.78, 5) is 10.2. The predicted octanol–water partition coefficient (Wildman–Crippen LogP) is 1.46. The van der Waals surface area contributed by atoms with Crippen molar-refractivity contribution in [3.8, 4) is 0 Å². The zero-order valence-corrected chi connectivity index (χ0v) is 10.3. The van der Waals surface area contributed by atoms with Crippen LogP contribution in [0.3, 0.4) is 0 Å². The van der Waals surface area contributed by atoms with Gasteiger partial charge in [-0.3, -0.25) is 4.79 Å². The topological polar surface area (TPSA) is 53.9 Å². The predicted molar refractivity (Wildman–Crippen MR) is 65.0 cm³/mol. The molecule has 0 bridgehead atoms. The number of unbranched alkanes of at least 4 members (excludes halogenated alkanes) is 2. The van der Waals surface area contributed by atoms with E-state index in [1.807, 2.05) is 11.8 Å². The van der Waals surface area contributed by atoms with Crippen molar-refractivity contribution in [2.75, 3.05) is 18.1 Å². The Kier molecular flexibility index (Phi) is 11.2. The second kappa shape index (κ2) is 11.6. The zero-order chi connectivity index (χ0) is 11.4. The summed E-state index contributed by atoms with van der Waals surface area (Å²) in [6.45, 7) is 3.22. The van der Waals surface area contributed by atoms with Crippen molar-refractivity contribution in [2.45, 2.75) is 32.6 Å². The van der Waals surface area contributed by atoms with Gasteiger partial charge in [-0.1, -0.05) is 6.92 Å². The Balaban J connectivity index is 3.04. The number of quaternary nitrogens is 1. The fraction of sp³-hybridized carbons (Fsp3) is 0.727. The minimum absolute atomic E-state index is 0.309. The lowest BCUT2D eigenvalue weighted by Crippen LogP contribution is -2.78. The third kappa shape index (κ3) is 13.5. The summed E-state index contributed by atoms with van der Waals surface area (Å²) in [7, 11) is 0. The molecule has 0 aromatic rings. The molecule has 0 aromatic heterocycles. The van der Waals surface area contributed by atoms with Crippen molar-refractivity contribution in [1.29, 1.82) is 0 Å². The second-order valence-electron chi connectivity index (χ2n) is 3.32. The van der Waals surface area contributed by atoms with Crippen molar-refractivity contribution in [3.63, 3.8) is 0 Å². The van der Waals surface area contributed by atoms with Crippen molar-refractivity contribution >= 4 is 17.7 Å². The lowest BCUT2D eigenvalue weighted by Gasteiger charge is -1.96. The normalized spacial score (nSPS) is 11.0. The molecule has 0 aliphatic heterocycles. The van der Waals surface area contributed by atoms with Gasteiger partial charge in [-0.15, -0.1) is 0 Å². The van der Waals surface area contributed by atoms with Crippen molar-refractivity contribution < 1.29 is 15.2 Å². The Bertz CT molecular complexity index is 183. The average Bonchev–Trinajstić information content (AvgIpc) is 2.20. The second-order valence-corrected chi connectivity index (χ2v) is 4.64. The fourth-order valence-corrected chi connectivity index (χ4v) is 1.63. The van der Waals surface area contributed by atoms with Gasteiger partial charge in [0.15, 0.2) is 0 Å². The van der Waals surface area contributed by atoms with Gasteiger partial charge in [0.2, 0.25) is 0 Å². The summed E-state index contributed by atoms with van der Waals surface area (Å²) in [5.41, 5.74) is 0. The Labute approximate surface area is 96.3 Å². The maximum atomic E-state index is 10.2. The van der Waals surface area contributed by atoms with Crippen LogP contribution in [-0.4, -0.2) is 29.1 Å². The minimum Gasteiger partial charge on any atom is -0.481 e. The molecule has 0 fully saturated rings. The Morgan fingerprint density at radius 1 is 1.40 bits per heavy atom. The maximum Gasteiger partial charge on any atom is 0.303 e. The molecule has 3 nitrogen and oxygen atoms in total. The van der Waals surface area contributed by atoms with Gasteiger partial charge < -0.3 is 10.4 Å². The largest absolute Gasteiger partial charge is 0.481 e. The van der Waals surface area contributed by atoms with Crippen molar-refractivity contribution in [1.82, 2.24) is 0 Å². The van der Waals surface area contributed by atoms with Gasteiger partial charge in [-0.05, 0) is 31.1 Å². The number of thioether (sulfide) groups is 1. The molecule has 88 valence electrons. The van der Waals surface area contributed by atoms with E-state index >= 15 is 0 Å². The molecule has 0 unspecified atom stereocenters. The highest BCUT2D eigenvalue weighted by atomic mass is 32.2. The highest BCUT2D eigenvalue weighted by Crippen LogP contribution is 1.97. The minimum atomic E-state index is -0.685. The number of carboxylic acids is 1. The molecule has 0 atom stereocenters. The van der Waals surface area contributed by atoms with Gasteiger partial charge in [-0.2, -0.15) is 11.8 Å². The van der Waals surface area contributed by atoms with E-state index in [0.29, 0.717) is 6.42 Å². The molecular formula is C11H22NO2S+. The van der Waals surface area contributed by atoms with Crippen LogP contribution >= 0.6 is 11.8 Å². The smallest absolute Gasteiger partial charge is 0.303 e. The third-order valence-electron chi connectivity index (χ3n) is 1.95. The molecular weight excluding hydrogens is 210 g/mol. The molecule has 4 heteroatoms. The SMILES string of the molecule is CCSC/C=C\[NH2+]CCCCCC(=O)O. The van der Waals surface area contributed by atoms with Crippen LogP contribution in [-0.2, 0) is 4.79 Å². The highest BCUT2D eigenvalue weighted by molar-refractivity contribution is 7.99. The molecule has 0 saturated carbocycles. The van der Waals surface area contributed by atoms with Crippen LogP contribution in [0.2, 0.25) is 0 Å². The van der Waals surface area contributed by atoms with E-state index in [2.05, 4.69) is 24.5 Å². The number of hydrogen-bond acceptors (Lipinski definition) is 2. The molecule has 0 aliphatic carbocycles. The Morgan fingerprint density at radius 2 is 2.20 bits per heavy atom. The van der Waals surface area contributed by atoms with Crippen LogP contribution in [0.25, 0.3) is 0 Å². The lowest BCUT2D eigenvalue weighted by atomic mass is 10.2. The molecule has 0 aromatic carbocycles. The van der Waals surface area contributed by atoms with Crippen LogP contribution in [0.4, 0.5) is 0 Å². The van der Waals surface area contributed by atoms with Crippen LogP contribution in [0.5, 0.6) is 0 Å². The van der Waals surface area contributed by atoms with E-state index in [9.17, 15) is 4.79 Å². The van der Waals surface area contributed by atoms with E-state index in [4.69, 9.17) is 5.11 Å². The van der Waals surface area contributed by atoms with Crippen molar-refractivity contribution in [3.05, 3.63) is 12.3 Å². The monoisotopic (exact) mass is 232 g/mol. The molecule has 3 N–H and O–H groups in total. The zero-order valence-electron chi connectivity index (χ0n) is 9.45. The van der Waals surface area contributed by atoms with E-state index in [1.165, 1.54) is 5.75 Å². The maximum absolute atomic E-state index is 10.2. The van der Waals surface area contributed by atoms with Gasteiger partial charge in [0.1, 0.15) is 0 Å². The Morgan fingerprint density at radius 3 is 2.87 bits per heavy atom. The fourth-order valence-electron chi connectivity index (χ4n) is 1.15. The number of nitrogens with two attached hydrogens (primary N) is 1. The van der Waals surface area contributed by atoms with E-state index in [0.717, 1.165) is 31.6 Å². The summed E-state index contributed by atoms with van der Waals surface area (Å²) in [5.74, 6) is 1.57. The van der Waals surface area contributed by atoms with Crippen molar-refractivity contribution in [2.24, 2.45) is 0 Å². The average molecular weight is 232 g/mol.